The van der Waals surface area contributed by atoms with Crippen molar-refractivity contribution >= 4 is 29.0 Å². The highest BCUT2D eigenvalue weighted by molar-refractivity contribution is 7.80. The standard InChI is InChI=1S/C17H16N2O2S/c1-12-8-6-7-11-14(12)18-19-15(20)17(2,21-16(19)22)13-9-4-3-5-10-13/h3-11,18H,1-2H3. The van der Waals surface area contributed by atoms with Crippen LogP contribution < -0.4 is 5.43 Å². The molecule has 1 aliphatic heterocycles. The van der Waals surface area contributed by atoms with Gasteiger partial charge >= 0.3 is 0 Å². The molecule has 2 aromatic rings. The van der Waals surface area contributed by atoms with E-state index in [1.165, 1.54) is 5.01 Å². The second kappa shape index (κ2) is 5.42. The molecule has 2 aromatic carbocycles. The van der Waals surface area contributed by atoms with E-state index in [-0.39, 0.29) is 11.1 Å². The lowest BCUT2D eigenvalue weighted by atomic mass is 9.95. The van der Waals surface area contributed by atoms with Crippen molar-refractivity contribution in [2.24, 2.45) is 0 Å². The van der Waals surface area contributed by atoms with Crippen molar-refractivity contribution < 1.29 is 9.53 Å². The molecule has 112 valence electrons. The molecule has 0 bridgehead atoms. The summed E-state index contributed by atoms with van der Waals surface area (Å²) in [5.74, 6) is -0.230. The van der Waals surface area contributed by atoms with E-state index in [0.717, 1.165) is 16.8 Å². The molecule has 3 rings (SSSR count). The molecule has 1 heterocycles. The van der Waals surface area contributed by atoms with Gasteiger partial charge in [0.2, 0.25) is 5.60 Å². The van der Waals surface area contributed by atoms with Gasteiger partial charge < -0.3 is 4.74 Å². The SMILES string of the molecule is Cc1ccccc1NN1C(=O)C(C)(c2ccccc2)OC1=S. The van der Waals surface area contributed by atoms with Gasteiger partial charge in [-0.3, -0.25) is 10.2 Å². The highest BCUT2D eigenvalue weighted by Gasteiger charge is 2.50. The van der Waals surface area contributed by atoms with Crippen molar-refractivity contribution in [3.05, 3.63) is 65.7 Å². The van der Waals surface area contributed by atoms with E-state index in [1.807, 2.05) is 61.5 Å². The van der Waals surface area contributed by atoms with Crippen molar-refractivity contribution in [3.63, 3.8) is 0 Å². The van der Waals surface area contributed by atoms with Crippen LogP contribution in [0.4, 0.5) is 5.69 Å². The van der Waals surface area contributed by atoms with Gasteiger partial charge in [-0.2, -0.15) is 5.01 Å². The summed E-state index contributed by atoms with van der Waals surface area (Å²) < 4.78 is 5.72. The summed E-state index contributed by atoms with van der Waals surface area (Å²) in [4.78, 5) is 12.8. The Morgan fingerprint density at radius 3 is 2.41 bits per heavy atom. The van der Waals surface area contributed by atoms with Gasteiger partial charge in [0.1, 0.15) is 0 Å². The Balaban J connectivity index is 1.91. The second-order valence-electron chi connectivity index (χ2n) is 5.33. The fourth-order valence-electron chi connectivity index (χ4n) is 2.41. The van der Waals surface area contributed by atoms with Crippen LogP contribution in [-0.2, 0) is 15.1 Å². The number of aryl methyl sites for hydroxylation is 1. The molecule has 1 amide bonds. The summed E-state index contributed by atoms with van der Waals surface area (Å²) in [6.45, 7) is 3.69. The molecule has 1 N–H and O–H groups in total. The molecule has 1 unspecified atom stereocenters. The summed E-state index contributed by atoms with van der Waals surface area (Å²) in [7, 11) is 0. The number of amides is 1. The first-order valence-corrected chi connectivity index (χ1v) is 7.38. The lowest BCUT2D eigenvalue weighted by Gasteiger charge is -2.21. The number of anilines is 1. The highest BCUT2D eigenvalue weighted by atomic mass is 32.1. The molecule has 0 aromatic heterocycles. The number of carbonyl (C=O) groups excluding carboxylic acids is 1. The van der Waals surface area contributed by atoms with E-state index in [9.17, 15) is 4.79 Å². The zero-order chi connectivity index (χ0) is 15.7. The molecule has 0 radical (unpaired) electrons. The van der Waals surface area contributed by atoms with Gasteiger partial charge in [0, 0.05) is 5.56 Å². The molecule has 5 heteroatoms. The lowest BCUT2D eigenvalue weighted by Crippen LogP contribution is -2.40. The van der Waals surface area contributed by atoms with Crippen molar-refractivity contribution in [2.45, 2.75) is 19.4 Å². The third kappa shape index (κ3) is 2.33. The Hall–Kier alpha value is -2.40. The van der Waals surface area contributed by atoms with Crippen LogP contribution in [-0.4, -0.2) is 16.1 Å². The van der Waals surface area contributed by atoms with Crippen LogP contribution in [0.3, 0.4) is 0 Å². The Labute approximate surface area is 134 Å². The van der Waals surface area contributed by atoms with Gasteiger partial charge in [-0.15, -0.1) is 0 Å². The topological polar surface area (TPSA) is 41.6 Å². The number of benzene rings is 2. The van der Waals surface area contributed by atoms with Crippen molar-refractivity contribution in [2.75, 3.05) is 5.43 Å². The monoisotopic (exact) mass is 312 g/mol. The molecule has 1 saturated heterocycles. The normalized spacial score (nSPS) is 20.9. The summed E-state index contributed by atoms with van der Waals surface area (Å²) in [6, 6.07) is 17.1. The van der Waals surface area contributed by atoms with Crippen LogP contribution in [0.25, 0.3) is 0 Å². The molecule has 1 atom stereocenters. The van der Waals surface area contributed by atoms with E-state index in [4.69, 9.17) is 17.0 Å². The highest BCUT2D eigenvalue weighted by Crippen LogP contribution is 2.34. The maximum Gasteiger partial charge on any atom is 0.297 e. The van der Waals surface area contributed by atoms with Crippen LogP contribution in [0.15, 0.2) is 54.6 Å². The van der Waals surface area contributed by atoms with Crippen LogP contribution in [0.5, 0.6) is 0 Å². The number of carbonyl (C=O) groups is 1. The number of hydrazine groups is 1. The van der Waals surface area contributed by atoms with Crippen molar-refractivity contribution in [3.8, 4) is 0 Å². The Morgan fingerprint density at radius 2 is 1.73 bits per heavy atom. The smallest absolute Gasteiger partial charge is 0.297 e. The predicted octanol–water partition coefficient (Wildman–Crippen LogP) is 3.38. The molecule has 0 aliphatic carbocycles. The van der Waals surface area contributed by atoms with E-state index >= 15 is 0 Å². The number of nitrogens with one attached hydrogen (secondary N) is 1. The zero-order valence-electron chi connectivity index (χ0n) is 12.4. The fourth-order valence-corrected chi connectivity index (χ4v) is 2.71. The van der Waals surface area contributed by atoms with E-state index in [0.29, 0.717) is 0 Å². The van der Waals surface area contributed by atoms with E-state index in [2.05, 4.69) is 5.43 Å². The third-order valence-corrected chi connectivity index (χ3v) is 4.05. The number of ether oxygens (including phenoxy) is 1. The van der Waals surface area contributed by atoms with Gasteiger partial charge in [0.15, 0.2) is 0 Å². The lowest BCUT2D eigenvalue weighted by molar-refractivity contribution is -0.135. The van der Waals surface area contributed by atoms with Gasteiger partial charge in [-0.25, -0.2) is 0 Å². The number of hydrogen-bond acceptors (Lipinski definition) is 4. The summed E-state index contributed by atoms with van der Waals surface area (Å²) in [5.41, 5.74) is 4.56. The fraction of sp³-hybridized carbons (Fsp3) is 0.176. The average molecular weight is 312 g/mol. The zero-order valence-corrected chi connectivity index (χ0v) is 13.2. The molecule has 0 saturated carbocycles. The maximum atomic E-state index is 12.8. The third-order valence-electron chi connectivity index (χ3n) is 3.79. The van der Waals surface area contributed by atoms with Gasteiger partial charge in [0.25, 0.3) is 11.1 Å². The van der Waals surface area contributed by atoms with Crippen LogP contribution in [0.2, 0.25) is 0 Å². The van der Waals surface area contributed by atoms with Gasteiger partial charge in [0.05, 0.1) is 5.69 Å². The van der Waals surface area contributed by atoms with Crippen LogP contribution in [0, 0.1) is 6.92 Å². The summed E-state index contributed by atoms with van der Waals surface area (Å²) >= 11 is 5.23. The summed E-state index contributed by atoms with van der Waals surface area (Å²) in [5, 5.41) is 1.42. The minimum atomic E-state index is -1.10. The first kappa shape index (κ1) is 14.5. The Bertz CT molecular complexity index is 732. The van der Waals surface area contributed by atoms with Crippen LogP contribution in [0.1, 0.15) is 18.1 Å². The molecule has 1 fully saturated rings. The summed E-state index contributed by atoms with van der Waals surface area (Å²) in [6.07, 6.45) is 0. The quantitative estimate of drug-likeness (QED) is 0.882. The number of hydrogen-bond donors (Lipinski definition) is 1. The molecule has 0 spiro atoms. The number of nitrogens with zero attached hydrogens (tertiary/aromatic N) is 1. The van der Waals surface area contributed by atoms with E-state index in [1.54, 1.807) is 6.92 Å². The molecule has 1 aliphatic rings. The predicted molar refractivity (Wildman–Crippen MR) is 89.1 cm³/mol. The minimum Gasteiger partial charge on any atom is -0.448 e. The average Bonchev–Trinajstić information content (AvgIpc) is 2.75. The molecule has 22 heavy (non-hydrogen) atoms. The van der Waals surface area contributed by atoms with E-state index < -0.39 is 5.60 Å². The molecule has 4 nitrogen and oxygen atoms in total. The maximum absolute atomic E-state index is 12.8. The Morgan fingerprint density at radius 1 is 1.09 bits per heavy atom. The number of rotatable bonds is 3. The largest absolute Gasteiger partial charge is 0.448 e. The Kier molecular flexibility index (Phi) is 3.58. The first-order chi connectivity index (χ1) is 10.5. The number of thiocarbonyl (C=S) groups is 1. The minimum absolute atomic E-state index is 0.125. The molecular weight excluding hydrogens is 296 g/mol. The van der Waals surface area contributed by atoms with Crippen molar-refractivity contribution in [1.29, 1.82) is 0 Å². The second-order valence-corrected chi connectivity index (χ2v) is 5.68. The van der Waals surface area contributed by atoms with Crippen molar-refractivity contribution in [1.82, 2.24) is 5.01 Å². The first-order valence-electron chi connectivity index (χ1n) is 6.98. The van der Waals surface area contributed by atoms with Gasteiger partial charge in [-0.05, 0) is 37.7 Å². The van der Waals surface area contributed by atoms with Crippen LogP contribution >= 0.6 is 12.2 Å². The van der Waals surface area contributed by atoms with Gasteiger partial charge in [-0.1, -0.05) is 48.5 Å². The number of para-hydroxylation sites is 1. The molecular formula is C17H16N2O2S.